The molecule has 3 N–H and O–H groups in total. The molecule has 0 atom stereocenters. The van der Waals surface area contributed by atoms with Gasteiger partial charge in [-0.25, -0.2) is 9.78 Å². The van der Waals surface area contributed by atoms with Gasteiger partial charge in [0, 0.05) is 12.6 Å². The third-order valence-electron chi connectivity index (χ3n) is 6.19. The van der Waals surface area contributed by atoms with E-state index in [1.807, 2.05) is 6.92 Å². The summed E-state index contributed by atoms with van der Waals surface area (Å²) in [6.07, 6.45) is 6.13. The van der Waals surface area contributed by atoms with E-state index in [4.69, 9.17) is 5.73 Å². The van der Waals surface area contributed by atoms with Crippen LogP contribution in [0, 0.1) is 0 Å². The number of amides is 1. The number of carbonyl (C=O) groups excluding carboxylic acids is 1. The second-order valence-corrected chi connectivity index (χ2v) is 8.40. The van der Waals surface area contributed by atoms with E-state index < -0.39 is 17.2 Å². The molecule has 0 unspecified atom stereocenters. The molecular formula is C23H28N6O4. The van der Waals surface area contributed by atoms with Gasteiger partial charge in [0.2, 0.25) is 5.91 Å². The van der Waals surface area contributed by atoms with Gasteiger partial charge in [-0.05, 0) is 31.4 Å². The Hall–Kier alpha value is -3.69. The molecule has 33 heavy (non-hydrogen) atoms. The molecule has 10 nitrogen and oxygen atoms in total. The Morgan fingerprint density at radius 2 is 1.94 bits per heavy atom. The van der Waals surface area contributed by atoms with Crippen molar-refractivity contribution in [3.63, 3.8) is 0 Å². The molecule has 3 aromatic rings. The van der Waals surface area contributed by atoms with Crippen LogP contribution in [0.4, 0.5) is 11.5 Å². The van der Waals surface area contributed by atoms with Crippen LogP contribution < -0.4 is 27.4 Å². The highest BCUT2D eigenvalue weighted by atomic mass is 16.2. The average Bonchev–Trinajstić information content (AvgIpc) is 3.32. The minimum atomic E-state index is -0.700. The van der Waals surface area contributed by atoms with Crippen molar-refractivity contribution >= 4 is 28.3 Å². The smallest absolute Gasteiger partial charge is 0.330 e. The molecule has 174 valence electrons. The predicted molar refractivity (Wildman–Crippen MR) is 126 cm³/mol. The molecule has 0 aliphatic heterocycles. The Morgan fingerprint density at radius 1 is 1.21 bits per heavy atom. The van der Waals surface area contributed by atoms with E-state index >= 15 is 0 Å². The highest BCUT2D eigenvalue weighted by Crippen LogP contribution is 2.29. The number of nitrogens with two attached hydrogens (primary N) is 1. The lowest BCUT2D eigenvalue weighted by Gasteiger charge is -2.30. The van der Waals surface area contributed by atoms with Gasteiger partial charge in [-0.3, -0.25) is 33.4 Å². The van der Waals surface area contributed by atoms with Gasteiger partial charge < -0.3 is 5.73 Å². The van der Waals surface area contributed by atoms with Gasteiger partial charge in [-0.2, -0.15) is 0 Å². The van der Waals surface area contributed by atoms with E-state index in [0.29, 0.717) is 36.7 Å². The number of carbonyl (C=O) groups is 1. The van der Waals surface area contributed by atoms with Crippen LogP contribution in [0.25, 0.3) is 10.9 Å². The summed E-state index contributed by atoms with van der Waals surface area (Å²) in [5.41, 5.74) is 5.19. The molecule has 2 heterocycles. The van der Waals surface area contributed by atoms with E-state index in [-0.39, 0.29) is 29.7 Å². The third kappa shape index (κ3) is 4.33. The second-order valence-electron chi connectivity index (χ2n) is 8.40. The Labute approximate surface area is 189 Å². The first-order valence-corrected chi connectivity index (χ1v) is 11.3. The zero-order chi connectivity index (χ0) is 23.5. The summed E-state index contributed by atoms with van der Waals surface area (Å²) in [6, 6.07) is 6.68. The van der Waals surface area contributed by atoms with Crippen molar-refractivity contribution in [3.05, 3.63) is 61.8 Å². The number of nitrogen functional groups attached to an aromatic ring is 1. The van der Waals surface area contributed by atoms with E-state index in [0.717, 1.165) is 19.3 Å². The minimum absolute atomic E-state index is 0.0237. The molecule has 1 aliphatic carbocycles. The van der Waals surface area contributed by atoms with Crippen LogP contribution in [0.15, 0.2) is 45.0 Å². The van der Waals surface area contributed by atoms with Crippen molar-refractivity contribution in [2.45, 2.75) is 64.6 Å². The number of nitrogens with one attached hydrogen (secondary N) is 1. The van der Waals surface area contributed by atoms with Gasteiger partial charge in [0.25, 0.3) is 11.1 Å². The number of H-pyrrole nitrogens is 1. The first-order chi connectivity index (χ1) is 15.9. The number of benzene rings is 1. The number of para-hydroxylation sites is 1. The SMILES string of the molecule is CCCCn1c(N)c(N(C(=O)Cn2cnc3ccccc3c2=O)C2CCCC2)c(=O)[nH]c1=O. The number of rotatable bonds is 7. The van der Waals surface area contributed by atoms with Crippen LogP contribution in [-0.2, 0) is 17.9 Å². The quantitative estimate of drug-likeness (QED) is 0.559. The molecule has 10 heteroatoms. The molecule has 1 fully saturated rings. The van der Waals surface area contributed by atoms with E-state index in [1.54, 1.807) is 24.3 Å². The molecule has 2 aromatic heterocycles. The number of aromatic nitrogens is 4. The van der Waals surface area contributed by atoms with Crippen LogP contribution in [0.3, 0.4) is 0 Å². The zero-order valence-electron chi connectivity index (χ0n) is 18.6. The fraction of sp³-hybridized carbons (Fsp3) is 0.435. The zero-order valence-corrected chi connectivity index (χ0v) is 18.6. The lowest BCUT2D eigenvalue weighted by molar-refractivity contribution is -0.119. The number of fused-ring (bicyclic) bond motifs is 1. The minimum Gasteiger partial charge on any atom is -0.383 e. The molecule has 1 aliphatic rings. The predicted octanol–water partition coefficient (Wildman–Crippen LogP) is 1.60. The first kappa shape index (κ1) is 22.5. The van der Waals surface area contributed by atoms with E-state index in [2.05, 4.69) is 9.97 Å². The molecule has 0 spiro atoms. The Morgan fingerprint density at radius 3 is 2.67 bits per heavy atom. The lowest BCUT2D eigenvalue weighted by Crippen LogP contribution is -2.47. The van der Waals surface area contributed by atoms with Crippen LogP contribution in [0.2, 0.25) is 0 Å². The monoisotopic (exact) mass is 452 g/mol. The van der Waals surface area contributed by atoms with Gasteiger partial charge in [-0.15, -0.1) is 0 Å². The molecule has 1 amide bonds. The van der Waals surface area contributed by atoms with Crippen molar-refractivity contribution < 1.29 is 4.79 Å². The molecule has 4 rings (SSSR count). The number of hydrogen-bond donors (Lipinski definition) is 2. The van der Waals surface area contributed by atoms with Crippen molar-refractivity contribution in [1.29, 1.82) is 0 Å². The largest absolute Gasteiger partial charge is 0.383 e. The van der Waals surface area contributed by atoms with Crippen molar-refractivity contribution in [2.24, 2.45) is 0 Å². The van der Waals surface area contributed by atoms with Crippen LogP contribution in [0.1, 0.15) is 45.4 Å². The Kier molecular flexibility index (Phi) is 6.43. The lowest BCUT2D eigenvalue weighted by atomic mass is 10.2. The maximum Gasteiger partial charge on any atom is 0.330 e. The fourth-order valence-corrected chi connectivity index (χ4v) is 4.46. The highest BCUT2D eigenvalue weighted by Gasteiger charge is 2.32. The first-order valence-electron chi connectivity index (χ1n) is 11.3. The number of nitrogens with zero attached hydrogens (tertiary/aromatic N) is 4. The normalized spacial score (nSPS) is 14.1. The summed E-state index contributed by atoms with van der Waals surface area (Å²) in [5, 5.41) is 0.408. The van der Waals surface area contributed by atoms with Gasteiger partial charge in [-0.1, -0.05) is 38.3 Å². The maximum atomic E-state index is 13.5. The average molecular weight is 453 g/mol. The van der Waals surface area contributed by atoms with E-state index in [9.17, 15) is 19.2 Å². The van der Waals surface area contributed by atoms with Crippen LogP contribution in [-0.4, -0.2) is 31.1 Å². The van der Waals surface area contributed by atoms with Crippen LogP contribution in [0.5, 0.6) is 0 Å². The standard InChI is InChI=1S/C23H28N6O4/c1-2-3-12-28-20(24)19(21(31)26-23(28)33)29(15-8-4-5-9-15)18(30)13-27-14-25-17-11-7-6-10-16(17)22(27)32/h6-7,10-11,14-15H,2-5,8-9,12-13,24H2,1H3,(H,26,31,33). The third-order valence-corrected chi connectivity index (χ3v) is 6.19. The molecule has 0 saturated heterocycles. The van der Waals surface area contributed by atoms with Gasteiger partial charge >= 0.3 is 5.69 Å². The summed E-state index contributed by atoms with van der Waals surface area (Å²) in [4.78, 5) is 59.7. The van der Waals surface area contributed by atoms with Gasteiger partial charge in [0.1, 0.15) is 12.4 Å². The summed E-state index contributed by atoms with van der Waals surface area (Å²) >= 11 is 0. The summed E-state index contributed by atoms with van der Waals surface area (Å²) < 4.78 is 2.54. The Bertz CT molecular complexity index is 1350. The number of anilines is 2. The topological polar surface area (TPSA) is 136 Å². The molecule has 1 saturated carbocycles. The second kappa shape index (κ2) is 9.43. The summed E-state index contributed by atoms with van der Waals surface area (Å²) in [5.74, 6) is -0.472. The van der Waals surface area contributed by atoms with Gasteiger partial charge in [0.05, 0.1) is 17.2 Å². The fourth-order valence-electron chi connectivity index (χ4n) is 4.46. The Balaban J connectivity index is 1.77. The molecule has 0 radical (unpaired) electrons. The van der Waals surface area contributed by atoms with E-state index in [1.165, 1.54) is 20.4 Å². The summed E-state index contributed by atoms with van der Waals surface area (Å²) in [6.45, 7) is 2.03. The maximum absolute atomic E-state index is 13.5. The van der Waals surface area contributed by atoms with Crippen molar-refractivity contribution in [2.75, 3.05) is 10.6 Å². The highest BCUT2D eigenvalue weighted by molar-refractivity contribution is 5.96. The molecule has 0 bridgehead atoms. The van der Waals surface area contributed by atoms with Crippen molar-refractivity contribution in [3.8, 4) is 0 Å². The molecule has 1 aromatic carbocycles. The number of aromatic amines is 1. The summed E-state index contributed by atoms with van der Waals surface area (Å²) in [7, 11) is 0. The number of unbranched alkanes of at least 4 members (excludes halogenated alkanes) is 1. The van der Waals surface area contributed by atoms with Crippen molar-refractivity contribution in [1.82, 2.24) is 19.1 Å². The van der Waals surface area contributed by atoms with Crippen LogP contribution >= 0.6 is 0 Å². The van der Waals surface area contributed by atoms with Gasteiger partial charge in [0.15, 0.2) is 5.69 Å². The number of hydrogen-bond acceptors (Lipinski definition) is 6. The molecular weight excluding hydrogens is 424 g/mol.